The number of aromatic nitrogens is 1. The molecule has 0 saturated carbocycles. The van der Waals surface area contributed by atoms with Gasteiger partial charge in [0.15, 0.2) is 0 Å². The van der Waals surface area contributed by atoms with Crippen molar-refractivity contribution in [2.75, 3.05) is 25.5 Å². The number of nitrogens with one attached hydrogen (secondary N) is 2. The number of benzene rings is 1. The highest BCUT2D eigenvalue weighted by Crippen LogP contribution is 2.30. The Labute approximate surface area is 119 Å². The molecule has 0 aliphatic carbocycles. The molecule has 0 amide bonds. The second-order valence-electron chi connectivity index (χ2n) is 5.32. The summed E-state index contributed by atoms with van der Waals surface area (Å²) in [6, 6.07) is 8.73. The standard InChI is InChI=1S/C16H21N3O/c1-11-9-14-13(6-3-7-15(14)17-2)16(19-11)20-10-12-5-4-8-18-12/h3,6-7,9,12,17-18H,4-5,8,10H2,1-2H3. The predicted octanol–water partition coefficient (Wildman–Crippen LogP) is 2.72. The van der Waals surface area contributed by atoms with Gasteiger partial charge in [0.05, 0.1) is 0 Å². The van der Waals surface area contributed by atoms with Gasteiger partial charge in [0.1, 0.15) is 6.61 Å². The zero-order valence-electron chi connectivity index (χ0n) is 12.1. The maximum Gasteiger partial charge on any atom is 0.221 e. The number of hydrogen-bond donors (Lipinski definition) is 2. The van der Waals surface area contributed by atoms with Crippen molar-refractivity contribution in [1.29, 1.82) is 0 Å². The summed E-state index contributed by atoms with van der Waals surface area (Å²) < 4.78 is 5.98. The van der Waals surface area contributed by atoms with Crippen molar-refractivity contribution in [2.24, 2.45) is 0 Å². The summed E-state index contributed by atoms with van der Waals surface area (Å²) in [6.07, 6.45) is 2.42. The highest BCUT2D eigenvalue weighted by atomic mass is 16.5. The van der Waals surface area contributed by atoms with Crippen LogP contribution >= 0.6 is 0 Å². The lowest BCUT2D eigenvalue weighted by Gasteiger charge is -2.15. The first-order valence-corrected chi connectivity index (χ1v) is 7.22. The fourth-order valence-electron chi connectivity index (χ4n) is 2.78. The maximum absolute atomic E-state index is 5.98. The van der Waals surface area contributed by atoms with Gasteiger partial charge in [-0.1, -0.05) is 6.07 Å². The molecule has 1 saturated heterocycles. The van der Waals surface area contributed by atoms with Crippen LogP contribution in [-0.2, 0) is 0 Å². The molecule has 0 bridgehead atoms. The average molecular weight is 271 g/mol. The van der Waals surface area contributed by atoms with Crippen molar-refractivity contribution < 1.29 is 4.74 Å². The topological polar surface area (TPSA) is 46.2 Å². The number of nitrogens with zero attached hydrogens (tertiary/aromatic N) is 1. The van der Waals surface area contributed by atoms with Gasteiger partial charge in [-0.15, -0.1) is 0 Å². The molecular weight excluding hydrogens is 250 g/mol. The molecule has 1 aliphatic heterocycles. The highest BCUT2D eigenvalue weighted by Gasteiger charge is 2.16. The number of rotatable bonds is 4. The van der Waals surface area contributed by atoms with E-state index in [2.05, 4.69) is 33.8 Å². The average Bonchev–Trinajstić information content (AvgIpc) is 2.97. The van der Waals surface area contributed by atoms with Gasteiger partial charge in [-0.25, -0.2) is 4.98 Å². The van der Waals surface area contributed by atoms with Gasteiger partial charge < -0.3 is 15.4 Å². The Bertz CT molecular complexity index is 606. The first-order chi connectivity index (χ1) is 9.78. The molecule has 2 heterocycles. The predicted molar refractivity (Wildman–Crippen MR) is 82.5 cm³/mol. The quantitative estimate of drug-likeness (QED) is 0.897. The van der Waals surface area contributed by atoms with Gasteiger partial charge in [0.25, 0.3) is 0 Å². The van der Waals surface area contributed by atoms with E-state index in [1.54, 1.807) is 0 Å². The van der Waals surface area contributed by atoms with Crippen LogP contribution in [0.3, 0.4) is 0 Å². The summed E-state index contributed by atoms with van der Waals surface area (Å²) >= 11 is 0. The van der Waals surface area contributed by atoms with E-state index in [9.17, 15) is 0 Å². The fourth-order valence-corrected chi connectivity index (χ4v) is 2.78. The van der Waals surface area contributed by atoms with Crippen LogP contribution in [0.25, 0.3) is 10.8 Å². The van der Waals surface area contributed by atoms with Crippen molar-refractivity contribution in [2.45, 2.75) is 25.8 Å². The third-order valence-electron chi connectivity index (χ3n) is 3.82. The minimum absolute atomic E-state index is 0.458. The van der Waals surface area contributed by atoms with E-state index >= 15 is 0 Å². The molecule has 1 aliphatic rings. The Morgan fingerprint density at radius 1 is 1.40 bits per heavy atom. The molecule has 4 heteroatoms. The van der Waals surface area contributed by atoms with Crippen LogP contribution in [0.15, 0.2) is 24.3 Å². The van der Waals surface area contributed by atoms with E-state index in [0.717, 1.165) is 34.6 Å². The second kappa shape index (κ2) is 5.67. The summed E-state index contributed by atoms with van der Waals surface area (Å²) in [4.78, 5) is 4.56. The van der Waals surface area contributed by atoms with Crippen molar-refractivity contribution in [1.82, 2.24) is 10.3 Å². The van der Waals surface area contributed by atoms with Crippen LogP contribution in [0.5, 0.6) is 5.88 Å². The third kappa shape index (κ3) is 2.56. The molecule has 1 atom stereocenters. The highest BCUT2D eigenvalue weighted by molar-refractivity contribution is 5.96. The number of aryl methyl sites for hydroxylation is 1. The number of fused-ring (bicyclic) bond motifs is 1. The number of ether oxygens (including phenoxy) is 1. The first-order valence-electron chi connectivity index (χ1n) is 7.22. The number of pyridine rings is 1. The molecule has 2 N–H and O–H groups in total. The van der Waals surface area contributed by atoms with E-state index in [1.807, 2.05) is 20.0 Å². The van der Waals surface area contributed by atoms with Crippen LogP contribution in [0.2, 0.25) is 0 Å². The molecular formula is C16H21N3O. The van der Waals surface area contributed by atoms with Gasteiger partial charge in [-0.3, -0.25) is 0 Å². The molecule has 20 heavy (non-hydrogen) atoms. The smallest absolute Gasteiger partial charge is 0.221 e. The van der Waals surface area contributed by atoms with E-state index < -0.39 is 0 Å². The van der Waals surface area contributed by atoms with Gasteiger partial charge in [-0.05, 0) is 44.5 Å². The Morgan fingerprint density at radius 2 is 2.30 bits per heavy atom. The van der Waals surface area contributed by atoms with Crippen LogP contribution in [-0.4, -0.2) is 31.2 Å². The number of hydrogen-bond acceptors (Lipinski definition) is 4. The Balaban J connectivity index is 1.92. The Morgan fingerprint density at radius 3 is 3.05 bits per heavy atom. The lowest BCUT2D eigenvalue weighted by atomic mass is 10.1. The van der Waals surface area contributed by atoms with Gasteiger partial charge in [0, 0.05) is 35.2 Å². The summed E-state index contributed by atoms with van der Waals surface area (Å²) in [6.45, 7) is 3.79. The molecule has 1 unspecified atom stereocenters. The lowest BCUT2D eigenvalue weighted by molar-refractivity contribution is 0.270. The van der Waals surface area contributed by atoms with E-state index in [1.165, 1.54) is 12.8 Å². The van der Waals surface area contributed by atoms with Crippen molar-refractivity contribution in [3.63, 3.8) is 0 Å². The molecule has 1 fully saturated rings. The van der Waals surface area contributed by atoms with Crippen molar-refractivity contribution >= 4 is 16.5 Å². The minimum atomic E-state index is 0.458. The van der Waals surface area contributed by atoms with Crippen LogP contribution in [0.1, 0.15) is 18.5 Å². The molecule has 1 aromatic carbocycles. The normalized spacial score (nSPS) is 18.4. The lowest BCUT2D eigenvalue weighted by Crippen LogP contribution is -2.28. The van der Waals surface area contributed by atoms with Crippen LogP contribution in [0.4, 0.5) is 5.69 Å². The molecule has 0 radical (unpaired) electrons. The summed E-state index contributed by atoms with van der Waals surface area (Å²) in [5.41, 5.74) is 2.09. The van der Waals surface area contributed by atoms with E-state index in [4.69, 9.17) is 4.74 Å². The Kier molecular flexibility index (Phi) is 3.74. The Hall–Kier alpha value is -1.81. The second-order valence-corrected chi connectivity index (χ2v) is 5.32. The largest absolute Gasteiger partial charge is 0.476 e. The van der Waals surface area contributed by atoms with Gasteiger partial charge >= 0.3 is 0 Å². The third-order valence-corrected chi connectivity index (χ3v) is 3.82. The molecule has 2 aromatic rings. The van der Waals surface area contributed by atoms with Gasteiger partial charge in [0.2, 0.25) is 5.88 Å². The molecule has 106 valence electrons. The zero-order chi connectivity index (χ0) is 13.9. The fraction of sp³-hybridized carbons (Fsp3) is 0.438. The number of anilines is 1. The maximum atomic E-state index is 5.98. The summed E-state index contributed by atoms with van der Waals surface area (Å²) in [7, 11) is 1.94. The van der Waals surface area contributed by atoms with Crippen molar-refractivity contribution in [3.8, 4) is 5.88 Å². The minimum Gasteiger partial charge on any atom is -0.476 e. The van der Waals surface area contributed by atoms with Crippen LogP contribution in [0, 0.1) is 6.92 Å². The first kappa shape index (κ1) is 13.2. The van der Waals surface area contributed by atoms with E-state index in [-0.39, 0.29) is 0 Å². The molecule has 1 aromatic heterocycles. The summed E-state index contributed by atoms with van der Waals surface area (Å²) in [5, 5.41) is 8.91. The molecule has 4 nitrogen and oxygen atoms in total. The molecule has 0 spiro atoms. The zero-order valence-corrected chi connectivity index (χ0v) is 12.1. The van der Waals surface area contributed by atoms with Crippen LogP contribution < -0.4 is 15.4 Å². The van der Waals surface area contributed by atoms with Gasteiger partial charge in [-0.2, -0.15) is 0 Å². The monoisotopic (exact) mass is 271 g/mol. The molecule has 3 rings (SSSR count). The SMILES string of the molecule is CNc1cccc2c(OCC3CCCN3)nc(C)cc12. The van der Waals surface area contributed by atoms with Crippen molar-refractivity contribution in [3.05, 3.63) is 30.0 Å². The summed E-state index contributed by atoms with van der Waals surface area (Å²) in [5.74, 6) is 0.741. The van der Waals surface area contributed by atoms with E-state index in [0.29, 0.717) is 12.6 Å².